The van der Waals surface area contributed by atoms with Crippen molar-refractivity contribution in [3.05, 3.63) is 12.2 Å². The summed E-state index contributed by atoms with van der Waals surface area (Å²) in [7, 11) is 0. The van der Waals surface area contributed by atoms with Gasteiger partial charge in [0.05, 0.1) is 18.2 Å². The van der Waals surface area contributed by atoms with Crippen molar-refractivity contribution < 1.29 is 19.4 Å². The maximum absolute atomic E-state index is 12.1. The Hall–Kier alpha value is -2.00. The zero-order chi connectivity index (χ0) is 18.8. The predicted octanol–water partition coefficient (Wildman–Crippen LogP) is 0.675. The molecule has 3 atom stereocenters. The largest absolute Gasteiger partial charge is 0.483 e. The Kier molecular flexibility index (Phi) is 9.07. The summed E-state index contributed by atoms with van der Waals surface area (Å²) in [6.45, 7) is 11.2. The second kappa shape index (κ2) is 10.8. The molecule has 1 amide bonds. The third kappa shape index (κ3) is 7.18. The fourth-order valence-corrected chi connectivity index (χ4v) is 2.95. The number of carbonyl (C=O) groups excluding carboxylic acids is 1. The molecule has 1 aromatic heterocycles. The molecule has 1 saturated heterocycles. The van der Waals surface area contributed by atoms with Crippen molar-refractivity contribution in [3.63, 3.8) is 0 Å². The maximum atomic E-state index is 12.1. The first-order valence-electron chi connectivity index (χ1n) is 8.53. The van der Waals surface area contributed by atoms with E-state index in [2.05, 4.69) is 34.3 Å². The van der Waals surface area contributed by atoms with Gasteiger partial charge in [-0.15, -0.1) is 10.2 Å². The lowest BCUT2D eigenvalue weighted by Gasteiger charge is -2.35. The highest BCUT2D eigenvalue weighted by molar-refractivity contribution is 5.76. The Morgan fingerprint density at radius 1 is 1.48 bits per heavy atom. The molecule has 1 aromatic rings. The van der Waals surface area contributed by atoms with Gasteiger partial charge in [0, 0.05) is 32.6 Å². The second-order valence-corrected chi connectivity index (χ2v) is 6.14. The molecule has 9 heteroatoms. The summed E-state index contributed by atoms with van der Waals surface area (Å²) in [5.74, 6) is 0.842. The minimum absolute atomic E-state index is 0.0463. The lowest BCUT2D eigenvalue weighted by molar-refractivity contribution is -0.123. The van der Waals surface area contributed by atoms with E-state index in [4.69, 9.17) is 14.6 Å². The molecule has 0 aromatic carbocycles. The topological polar surface area (TPSA) is 110 Å². The molecule has 1 aliphatic rings. The van der Waals surface area contributed by atoms with E-state index in [1.54, 1.807) is 6.33 Å². The number of ether oxygens (including phenoxy) is 1. The minimum Gasteiger partial charge on any atom is -0.483 e. The first kappa shape index (κ1) is 21.0. The number of nitrogens with one attached hydrogen (secondary N) is 1. The van der Waals surface area contributed by atoms with E-state index < -0.39 is 0 Å². The number of aryl methyl sites for hydroxylation is 1. The molecule has 1 fully saturated rings. The van der Waals surface area contributed by atoms with Gasteiger partial charge in [0.25, 0.3) is 6.47 Å². The second-order valence-electron chi connectivity index (χ2n) is 6.14. The van der Waals surface area contributed by atoms with Crippen LogP contribution >= 0.6 is 0 Å². The Bertz CT molecular complexity index is 526. The van der Waals surface area contributed by atoms with E-state index in [0.717, 1.165) is 32.0 Å². The van der Waals surface area contributed by atoms with Gasteiger partial charge >= 0.3 is 0 Å². The summed E-state index contributed by atoms with van der Waals surface area (Å²) < 4.78 is 7.64. The lowest BCUT2D eigenvalue weighted by atomic mass is 10.2. The van der Waals surface area contributed by atoms with Crippen molar-refractivity contribution in [3.8, 4) is 0 Å². The third-order valence-corrected chi connectivity index (χ3v) is 3.90. The van der Waals surface area contributed by atoms with Crippen LogP contribution in [0.3, 0.4) is 0 Å². The van der Waals surface area contributed by atoms with Gasteiger partial charge in [-0.25, -0.2) is 0 Å². The van der Waals surface area contributed by atoms with Crippen molar-refractivity contribution in [1.29, 1.82) is 0 Å². The highest BCUT2D eigenvalue weighted by atomic mass is 16.5. The monoisotopic (exact) mass is 355 g/mol. The van der Waals surface area contributed by atoms with Gasteiger partial charge in [-0.2, -0.15) is 0 Å². The van der Waals surface area contributed by atoms with Gasteiger partial charge in [0.2, 0.25) is 5.91 Å². The predicted molar refractivity (Wildman–Crippen MR) is 92.0 cm³/mol. The zero-order valence-electron chi connectivity index (χ0n) is 15.4. The molecule has 142 valence electrons. The van der Waals surface area contributed by atoms with Gasteiger partial charge in [-0.1, -0.05) is 0 Å². The number of nitrogens with zero attached hydrogens (tertiary/aromatic N) is 4. The van der Waals surface area contributed by atoms with Gasteiger partial charge in [0.1, 0.15) is 6.33 Å². The number of hydrogen-bond donors (Lipinski definition) is 2. The molecule has 0 radical (unpaired) electrons. The average Bonchev–Trinajstić information content (AvgIpc) is 3.01. The van der Waals surface area contributed by atoms with E-state index >= 15 is 0 Å². The molecule has 0 aliphatic carbocycles. The van der Waals surface area contributed by atoms with E-state index in [9.17, 15) is 4.79 Å². The van der Waals surface area contributed by atoms with E-state index in [0.29, 0.717) is 6.42 Å². The number of carbonyl (C=O) groups is 2. The Labute approximate surface area is 148 Å². The first-order valence-corrected chi connectivity index (χ1v) is 8.53. The molecule has 1 aliphatic heterocycles. The van der Waals surface area contributed by atoms with Crippen LogP contribution in [0, 0.1) is 0 Å². The van der Waals surface area contributed by atoms with Crippen molar-refractivity contribution in [2.75, 3.05) is 19.6 Å². The average molecular weight is 355 g/mol. The van der Waals surface area contributed by atoms with Crippen molar-refractivity contribution in [2.45, 2.75) is 58.9 Å². The van der Waals surface area contributed by atoms with Crippen molar-refractivity contribution in [2.24, 2.45) is 0 Å². The van der Waals surface area contributed by atoms with E-state index in [-0.39, 0.29) is 30.6 Å². The van der Waals surface area contributed by atoms with Crippen molar-refractivity contribution >= 4 is 12.4 Å². The van der Waals surface area contributed by atoms with Gasteiger partial charge in [-0.3, -0.25) is 14.5 Å². The Morgan fingerprint density at radius 3 is 2.64 bits per heavy atom. The van der Waals surface area contributed by atoms with Crippen LogP contribution in [0.25, 0.3) is 0 Å². The fraction of sp³-hybridized carbons (Fsp3) is 0.750. The smallest absolute Gasteiger partial charge is 0.290 e. The summed E-state index contributed by atoms with van der Waals surface area (Å²) in [5, 5.41) is 17.9. The molecular weight excluding hydrogens is 326 g/mol. The van der Waals surface area contributed by atoms with E-state index in [1.165, 1.54) is 0 Å². The highest BCUT2D eigenvalue weighted by Crippen LogP contribution is 2.12. The van der Waals surface area contributed by atoms with E-state index in [1.807, 2.05) is 18.4 Å². The molecule has 0 saturated carbocycles. The number of amides is 1. The van der Waals surface area contributed by atoms with Crippen LogP contribution in [0.15, 0.2) is 6.33 Å². The number of rotatable bonds is 6. The number of aromatic nitrogens is 3. The first-order chi connectivity index (χ1) is 11.9. The quantitative estimate of drug-likeness (QED) is 0.722. The SMILES string of the molecule is CCn1cnnc1C(C)NC(=O)CCN1C[C@@H](C)O[C@@H](C)C1.O=CO. The lowest BCUT2D eigenvalue weighted by Crippen LogP contribution is -2.46. The van der Waals surface area contributed by atoms with Gasteiger partial charge < -0.3 is 19.7 Å². The molecule has 1 unspecified atom stereocenters. The number of morpholine rings is 1. The molecule has 9 nitrogen and oxygen atoms in total. The van der Waals surface area contributed by atoms with Crippen molar-refractivity contribution in [1.82, 2.24) is 25.0 Å². The summed E-state index contributed by atoms with van der Waals surface area (Å²) in [5.41, 5.74) is 0. The van der Waals surface area contributed by atoms with Crippen LogP contribution in [-0.2, 0) is 20.9 Å². The maximum Gasteiger partial charge on any atom is 0.290 e. The Morgan fingerprint density at radius 2 is 2.08 bits per heavy atom. The van der Waals surface area contributed by atoms with Gasteiger partial charge in [-0.05, 0) is 27.7 Å². The Balaban J connectivity index is 0.000000970. The summed E-state index contributed by atoms with van der Waals surface area (Å²) in [4.78, 5) is 22.8. The summed E-state index contributed by atoms with van der Waals surface area (Å²) in [6.07, 6.45) is 2.64. The highest BCUT2D eigenvalue weighted by Gasteiger charge is 2.23. The number of hydrogen-bond acceptors (Lipinski definition) is 6. The van der Waals surface area contributed by atoms with Crippen LogP contribution in [0.5, 0.6) is 0 Å². The molecule has 25 heavy (non-hydrogen) atoms. The minimum atomic E-state index is -0.250. The molecular formula is C16H29N5O4. The third-order valence-electron chi connectivity index (χ3n) is 3.90. The van der Waals surface area contributed by atoms with Crippen LogP contribution in [0.2, 0.25) is 0 Å². The van der Waals surface area contributed by atoms with Crippen LogP contribution in [0.1, 0.15) is 46.0 Å². The molecule has 2 heterocycles. The number of carboxylic acid groups (broad SMARTS) is 1. The standard InChI is InChI=1S/C15H27N5O2.CH2O2/c1-5-20-10-16-18-15(20)13(4)17-14(21)6-7-19-8-11(2)22-12(3)9-19;2-1-3/h10-13H,5-9H2,1-4H3,(H,17,21);1H,(H,2,3)/t11-,12+,13?;. The van der Waals surface area contributed by atoms with Crippen LogP contribution in [-0.4, -0.2) is 69.0 Å². The normalized spacial score (nSPS) is 21.8. The fourth-order valence-electron chi connectivity index (χ4n) is 2.95. The van der Waals surface area contributed by atoms with Gasteiger partial charge in [0.15, 0.2) is 5.82 Å². The molecule has 0 bridgehead atoms. The molecule has 0 spiro atoms. The molecule has 2 rings (SSSR count). The zero-order valence-corrected chi connectivity index (χ0v) is 15.4. The molecule has 2 N–H and O–H groups in total. The van der Waals surface area contributed by atoms with Crippen LogP contribution < -0.4 is 5.32 Å². The van der Waals surface area contributed by atoms with Crippen LogP contribution in [0.4, 0.5) is 0 Å². The summed E-state index contributed by atoms with van der Waals surface area (Å²) >= 11 is 0. The summed E-state index contributed by atoms with van der Waals surface area (Å²) in [6, 6.07) is -0.127.